The maximum atomic E-state index is 12.6. The number of fused-ring (bicyclic) bond motifs is 1. The molecule has 0 unspecified atom stereocenters. The molecule has 2 N–H and O–H groups in total. The first-order valence-corrected chi connectivity index (χ1v) is 10.3. The van der Waals surface area contributed by atoms with Crippen molar-refractivity contribution in [1.29, 1.82) is 0 Å². The molecule has 8 nitrogen and oxygen atoms in total. The average Bonchev–Trinajstić information content (AvgIpc) is 3.20. The van der Waals surface area contributed by atoms with E-state index in [9.17, 15) is 14.7 Å². The molecule has 2 atom stereocenters. The van der Waals surface area contributed by atoms with Crippen molar-refractivity contribution in [2.75, 3.05) is 18.8 Å². The van der Waals surface area contributed by atoms with E-state index in [2.05, 4.69) is 15.4 Å². The quantitative estimate of drug-likeness (QED) is 0.613. The van der Waals surface area contributed by atoms with Crippen LogP contribution in [0.3, 0.4) is 0 Å². The van der Waals surface area contributed by atoms with Crippen LogP contribution in [0.25, 0.3) is 5.65 Å². The van der Waals surface area contributed by atoms with E-state index in [0.29, 0.717) is 29.9 Å². The van der Waals surface area contributed by atoms with E-state index in [1.165, 1.54) is 18.1 Å². The van der Waals surface area contributed by atoms with Gasteiger partial charge in [0.1, 0.15) is 6.33 Å². The van der Waals surface area contributed by atoms with Gasteiger partial charge in [-0.2, -0.15) is 5.10 Å². The van der Waals surface area contributed by atoms with Crippen LogP contribution < -0.4 is 5.32 Å². The van der Waals surface area contributed by atoms with Gasteiger partial charge in [0.15, 0.2) is 5.65 Å². The first-order valence-electron chi connectivity index (χ1n) is 9.32. The SMILES string of the molecule is O=C(N[C@H]1C[C@@H](O)CN(C(=O)CSc2ccccc2)C1)c1ccn2ncnc2c1. The van der Waals surface area contributed by atoms with E-state index < -0.39 is 6.10 Å². The van der Waals surface area contributed by atoms with Crippen LogP contribution in [0.15, 0.2) is 59.9 Å². The van der Waals surface area contributed by atoms with Crippen LogP contribution in [-0.2, 0) is 4.79 Å². The van der Waals surface area contributed by atoms with Gasteiger partial charge in [-0.05, 0) is 30.7 Å². The van der Waals surface area contributed by atoms with Crippen molar-refractivity contribution in [2.45, 2.75) is 23.5 Å². The number of carbonyl (C=O) groups excluding carboxylic acids is 2. The molecule has 1 aliphatic rings. The molecular weight excluding hydrogens is 390 g/mol. The predicted molar refractivity (Wildman–Crippen MR) is 109 cm³/mol. The van der Waals surface area contributed by atoms with Gasteiger partial charge in [0, 0.05) is 35.8 Å². The Morgan fingerprint density at radius 2 is 2.03 bits per heavy atom. The first-order chi connectivity index (χ1) is 14.1. The lowest BCUT2D eigenvalue weighted by atomic mass is 10.0. The third kappa shape index (κ3) is 4.75. The van der Waals surface area contributed by atoms with Gasteiger partial charge in [-0.3, -0.25) is 9.59 Å². The second-order valence-corrected chi connectivity index (χ2v) is 7.99. The Balaban J connectivity index is 1.36. The first kappa shape index (κ1) is 19.4. The summed E-state index contributed by atoms with van der Waals surface area (Å²) in [7, 11) is 0. The number of aliphatic hydroxyl groups excluding tert-OH is 1. The molecule has 150 valence electrons. The molecule has 1 saturated heterocycles. The number of hydrogen-bond donors (Lipinski definition) is 2. The van der Waals surface area contributed by atoms with E-state index in [1.54, 1.807) is 27.7 Å². The highest BCUT2D eigenvalue weighted by Crippen LogP contribution is 2.19. The fourth-order valence-corrected chi connectivity index (χ4v) is 4.18. The summed E-state index contributed by atoms with van der Waals surface area (Å²) in [6.45, 7) is 0.663. The van der Waals surface area contributed by atoms with Gasteiger partial charge in [0.05, 0.1) is 11.9 Å². The Hall–Kier alpha value is -2.91. The number of benzene rings is 1. The van der Waals surface area contributed by atoms with Gasteiger partial charge >= 0.3 is 0 Å². The molecule has 1 fully saturated rings. The topological polar surface area (TPSA) is 99.8 Å². The van der Waals surface area contributed by atoms with Crippen molar-refractivity contribution in [3.8, 4) is 0 Å². The van der Waals surface area contributed by atoms with Crippen LogP contribution >= 0.6 is 11.8 Å². The molecule has 1 aromatic carbocycles. The second kappa shape index (κ2) is 8.62. The zero-order chi connectivity index (χ0) is 20.2. The monoisotopic (exact) mass is 411 g/mol. The van der Waals surface area contributed by atoms with Crippen LogP contribution in [0.5, 0.6) is 0 Å². The zero-order valence-corrected chi connectivity index (χ0v) is 16.5. The fourth-order valence-electron chi connectivity index (χ4n) is 3.36. The molecule has 0 radical (unpaired) electrons. The molecule has 29 heavy (non-hydrogen) atoms. The van der Waals surface area contributed by atoms with Crippen molar-refractivity contribution in [3.63, 3.8) is 0 Å². The summed E-state index contributed by atoms with van der Waals surface area (Å²) in [5.74, 6) is -0.0246. The molecule has 2 aromatic heterocycles. The Morgan fingerprint density at radius 3 is 2.86 bits per heavy atom. The van der Waals surface area contributed by atoms with Crippen LogP contribution in [-0.4, -0.2) is 67.4 Å². The van der Waals surface area contributed by atoms with Gasteiger partial charge in [-0.15, -0.1) is 11.8 Å². The number of nitrogens with zero attached hydrogens (tertiary/aromatic N) is 4. The minimum Gasteiger partial charge on any atom is -0.391 e. The molecule has 1 aliphatic heterocycles. The Labute approximate surface area is 171 Å². The summed E-state index contributed by atoms with van der Waals surface area (Å²) >= 11 is 1.46. The number of rotatable bonds is 5. The second-order valence-electron chi connectivity index (χ2n) is 6.94. The van der Waals surface area contributed by atoms with Gasteiger partial charge in [0.2, 0.25) is 5.91 Å². The molecule has 9 heteroatoms. The highest BCUT2D eigenvalue weighted by atomic mass is 32.2. The Bertz CT molecular complexity index is 1010. The number of amides is 2. The molecule has 4 rings (SSSR count). The molecule has 0 aliphatic carbocycles. The molecule has 3 heterocycles. The standard InChI is InChI=1S/C20H21N5O3S/c26-16-9-15(23-20(28)14-6-7-25-18(8-14)21-13-22-25)10-24(11-16)19(27)12-29-17-4-2-1-3-5-17/h1-8,13,15-16,26H,9-12H2,(H,23,28)/t15-,16+/m0/s1. The third-order valence-corrected chi connectivity index (χ3v) is 5.76. The summed E-state index contributed by atoms with van der Waals surface area (Å²) in [4.78, 5) is 31.9. The van der Waals surface area contributed by atoms with E-state index in [4.69, 9.17) is 0 Å². The summed E-state index contributed by atoms with van der Waals surface area (Å²) in [5.41, 5.74) is 1.04. The van der Waals surface area contributed by atoms with Gasteiger partial charge in [-0.1, -0.05) is 18.2 Å². The van der Waals surface area contributed by atoms with Gasteiger partial charge < -0.3 is 15.3 Å². The maximum Gasteiger partial charge on any atom is 0.251 e. The highest BCUT2D eigenvalue weighted by molar-refractivity contribution is 8.00. The number of pyridine rings is 1. The fraction of sp³-hybridized carbons (Fsp3) is 0.300. The van der Waals surface area contributed by atoms with Crippen molar-refractivity contribution < 1.29 is 14.7 Å². The summed E-state index contributed by atoms with van der Waals surface area (Å²) < 4.78 is 1.58. The van der Waals surface area contributed by atoms with Crippen LogP contribution in [0, 0.1) is 0 Å². The van der Waals surface area contributed by atoms with Gasteiger partial charge in [0.25, 0.3) is 5.91 Å². The molecule has 2 amide bonds. The van der Waals surface area contributed by atoms with E-state index in [-0.39, 0.29) is 24.4 Å². The number of likely N-dealkylation sites (tertiary alicyclic amines) is 1. The Morgan fingerprint density at radius 1 is 1.21 bits per heavy atom. The lowest BCUT2D eigenvalue weighted by Crippen LogP contribution is -2.54. The lowest BCUT2D eigenvalue weighted by molar-refractivity contribution is -0.132. The maximum absolute atomic E-state index is 12.6. The zero-order valence-electron chi connectivity index (χ0n) is 15.6. The largest absolute Gasteiger partial charge is 0.391 e. The minimum absolute atomic E-state index is 0.0540. The number of aliphatic hydroxyl groups is 1. The van der Waals surface area contributed by atoms with Crippen molar-refractivity contribution in [3.05, 3.63) is 60.6 Å². The van der Waals surface area contributed by atoms with Crippen molar-refractivity contribution in [2.24, 2.45) is 0 Å². The number of hydrogen-bond acceptors (Lipinski definition) is 6. The number of β-amino-alcohol motifs (C(OH)–C–C–N with tert-alkyl or cyclic N) is 1. The average molecular weight is 411 g/mol. The summed E-state index contributed by atoms with van der Waals surface area (Å²) in [6, 6.07) is 12.7. The van der Waals surface area contributed by atoms with E-state index in [0.717, 1.165) is 4.90 Å². The van der Waals surface area contributed by atoms with Crippen LogP contribution in [0.4, 0.5) is 0 Å². The molecule has 0 spiro atoms. The van der Waals surface area contributed by atoms with E-state index >= 15 is 0 Å². The molecule has 3 aromatic rings. The number of thioether (sulfide) groups is 1. The molecule has 0 saturated carbocycles. The summed E-state index contributed by atoms with van der Waals surface area (Å²) in [6.07, 6.45) is 2.84. The predicted octanol–water partition coefficient (Wildman–Crippen LogP) is 1.21. The normalized spacial score (nSPS) is 19.3. The molecule has 0 bridgehead atoms. The lowest BCUT2D eigenvalue weighted by Gasteiger charge is -2.36. The smallest absolute Gasteiger partial charge is 0.251 e. The number of carbonyl (C=O) groups is 2. The number of nitrogens with one attached hydrogen (secondary N) is 1. The minimum atomic E-state index is -0.668. The third-order valence-electron chi connectivity index (χ3n) is 4.76. The van der Waals surface area contributed by atoms with Crippen molar-refractivity contribution >= 4 is 29.2 Å². The van der Waals surface area contributed by atoms with Crippen LogP contribution in [0.2, 0.25) is 0 Å². The number of piperidine rings is 1. The highest BCUT2D eigenvalue weighted by Gasteiger charge is 2.30. The Kier molecular flexibility index (Phi) is 5.77. The van der Waals surface area contributed by atoms with Crippen molar-refractivity contribution in [1.82, 2.24) is 24.8 Å². The van der Waals surface area contributed by atoms with Gasteiger partial charge in [-0.25, -0.2) is 9.50 Å². The molecular formula is C20H21N5O3S. The summed E-state index contributed by atoms with van der Waals surface area (Å²) in [5, 5.41) is 17.1. The van der Waals surface area contributed by atoms with Crippen LogP contribution in [0.1, 0.15) is 16.8 Å². The number of aromatic nitrogens is 3. The van der Waals surface area contributed by atoms with E-state index in [1.807, 2.05) is 30.3 Å².